The third-order valence-electron chi connectivity index (χ3n) is 3.03. The second-order valence-electron chi connectivity index (χ2n) is 4.01. The summed E-state index contributed by atoms with van der Waals surface area (Å²) in [5, 5.41) is 0. The minimum atomic E-state index is -2.97. The predicted octanol–water partition coefficient (Wildman–Crippen LogP) is 2.52. The lowest BCUT2D eigenvalue weighted by Crippen LogP contribution is -2.08. The molecule has 16 heavy (non-hydrogen) atoms. The fraction of sp³-hybridized carbons (Fsp3) is 0.417. The Morgan fingerprint density at radius 1 is 1.38 bits per heavy atom. The van der Waals surface area contributed by atoms with E-state index in [9.17, 15) is 13.6 Å². The molecule has 0 N–H and O–H groups in total. The second kappa shape index (κ2) is 3.54. The maximum Gasteiger partial charge on any atom is 0.315 e. The van der Waals surface area contributed by atoms with E-state index in [2.05, 4.69) is 4.74 Å². The highest BCUT2D eigenvalue weighted by molar-refractivity contribution is 5.80. The maximum absolute atomic E-state index is 13.5. The standard InChI is InChI=1S/C12H12F2O2/c1-7-5-3-4-6-8(7)9-10(11(15)16-2)12(9,13)14/h3-6,9-10H,1-2H3/t9-,10-/m0/s1. The average molecular weight is 226 g/mol. The average Bonchev–Trinajstić information content (AvgIpc) is 2.81. The first-order valence-corrected chi connectivity index (χ1v) is 5.01. The molecule has 0 bridgehead atoms. The number of aryl methyl sites for hydroxylation is 1. The molecule has 0 heterocycles. The van der Waals surface area contributed by atoms with Crippen molar-refractivity contribution in [3.63, 3.8) is 0 Å². The second-order valence-corrected chi connectivity index (χ2v) is 4.01. The minimum Gasteiger partial charge on any atom is -0.469 e. The smallest absolute Gasteiger partial charge is 0.315 e. The summed E-state index contributed by atoms with van der Waals surface area (Å²) < 4.78 is 31.3. The van der Waals surface area contributed by atoms with Crippen LogP contribution in [0.4, 0.5) is 8.78 Å². The van der Waals surface area contributed by atoms with Crippen molar-refractivity contribution in [1.82, 2.24) is 0 Å². The molecule has 4 heteroatoms. The molecule has 1 aliphatic carbocycles. The highest BCUT2D eigenvalue weighted by Crippen LogP contribution is 2.62. The van der Waals surface area contributed by atoms with Gasteiger partial charge in [0.15, 0.2) is 0 Å². The summed E-state index contributed by atoms with van der Waals surface area (Å²) in [6.07, 6.45) is 0. The SMILES string of the molecule is COC(=O)[C@@H]1[C@H](c2ccccc2C)C1(F)F. The van der Waals surface area contributed by atoms with Gasteiger partial charge in [-0.2, -0.15) is 0 Å². The predicted molar refractivity (Wildman–Crippen MR) is 54.4 cm³/mol. The van der Waals surface area contributed by atoms with Crippen molar-refractivity contribution in [2.45, 2.75) is 18.8 Å². The van der Waals surface area contributed by atoms with Crippen molar-refractivity contribution < 1.29 is 18.3 Å². The van der Waals surface area contributed by atoms with Gasteiger partial charge in [-0.3, -0.25) is 4.79 Å². The highest BCUT2D eigenvalue weighted by atomic mass is 19.3. The molecule has 86 valence electrons. The summed E-state index contributed by atoms with van der Waals surface area (Å²) in [6, 6.07) is 6.88. The molecule has 0 aromatic heterocycles. The number of benzene rings is 1. The Balaban J connectivity index is 2.31. The van der Waals surface area contributed by atoms with Gasteiger partial charge in [0, 0.05) is 0 Å². The van der Waals surface area contributed by atoms with Gasteiger partial charge in [0.1, 0.15) is 5.92 Å². The topological polar surface area (TPSA) is 26.3 Å². The van der Waals surface area contributed by atoms with Crippen LogP contribution in [0.2, 0.25) is 0 Å². The first-order chi connectivity index (χ1) is 7.50. The number of ether oxygens (including phenoxy) is 1. The Morgan fingerprint density at radius 2 is 2.00 bits per heavy atom. The number of esters is 1. The van der Waals surface area contributed by atoms with E-state index >= 15 is 0 Å². The van der Waals surface area contributed by atoms with Gasteiger partial charge in [0.25, 0.3) is 5.92 Å². The van der Waals surface area contributed by atoms with Crippen LogP contribution < -0.4 is 0 Å². The van der Waals surface area contributed by atoms with Crippen LogP contribution in [0.5, 0.6) is 0 Å². The quantitative estimate of drug-likeness (QED) is 0.724. The lowest BCUT2D eigenvalue weighted by atomic mass is 10.0. The van der Waals surface area contributed by atoms with Crippen molar-refractivity contribution in [1.29, 1.82) is 0 Å². The van der Waals surface area contributed by atoms with E-state index in [0.717, 1.165) is 12.7 Å². The molecule has 2 atom stereocenters. The molecule has 0 amide bonds. The first kappa shape index (κ1) is 11.0. The number of hydrogen-bond acceptors (Lipinski definition) is 2. The molecule has 1 aromatic rings. The van der Waals surface area contributed by atoms with E-state index in [-0.39, 0.29) is 0 Å². The molecule has 0 saturated heterocycles. The molecule has 0 unspecified atom stereocenters. The number of methoxy groups -OCH3 is 1. The van der Waals surface area contributed by atoms with Gasteiger partial charge >= 0.3 is 5.97 Å². The van der Waals surface area contributed by atoms with Gasteiger partial charge in [0.2, 0.25) is 0 Å². The van der Waals surface area contributed by atoms with Crippen LogP contribution in [0.3, 0.4) is 0 Å². The third-order valence-corrected chi connectivity index (χ3v) is 3.03. The highest BCUT2D eigenvalue weighted by Gasteiger charge is 2.73. The number of rotatable bonds is 2. The molecular formula is C12H12F2O2. The molecule has 0 spiro atoms. The number of halogens is 2. The minimum absolute atomic E-state index is 0.530. The summed E-state index contributed by atoms with van der Waals surface area (Å²) in [5.41, 5.74) is 1.31. The maximum atomic E-state index is 13.5. The van der Waals surface area contributed by atoms with E-state index in [1.54, 1.807) is 31.2 Å². The third kappa shape index (κ3) is 1.49. The largest absolute Gasteiger partial charge is 0.469 e. The van der Waals surface area contributed by atoms with Gasteiger partial charge in [-0.25, -0.2) is 8.78 Å². The summed E-state index contributed by atoms with van der Waals surface area (Å²) >= 11 is 0. The number of alkyl halides is 2. The van der Waals surface area contributed by atoms with Gasteiger partial charge in [-0.1, -0.05) is 24.3 Å². The molecule has 1 saturated carbocycles. The van der Waals surface area contributed by atoms with Gasteiger partial charge in [-0.15, -0.1) is 0 Å². The molecule has 2 rings (SSSR count). The van der Waals surface area contributed by atoms with Crippen LogP contribution in [0.15, 0.2) is 24.3 Å². The van der Waals surface area contributed by atoms with E-state index < -0.39 is 23.7 Å². The van der Waals surface area contributed by atoms with Gasteiger partial charge in [0.05, 0.1) is 13.0 Å². The normalized spacial score (nSPS) is 26.2. The number of hydrogen-bond donors (Lipinski definition) is 0. The van der Waals surface area contributed by atoms with Crippen molar-refractivity contribution in [3.05, 3.63) is 35.4 Å². The van der Waals surface area contributed by atoms with Crippen LogP contribution in [0.25, 0.3) is 0 Å². The fourth-order valence-corrected chi connectivity index (χ4v) is 2.07. The van der Waals surface area contributed by atoms with Crippen LogP contribution in [-0.4, -0.2) is 19.0 Å². The van der Waals surface area contributed by atoms with Crippen molar-refractivity contribution in [2.24, 2.45) is 5.92 Å². The molecule has 0 radical (unpaired) electrons. The monoisotopic (exact) mass is 226 g/mol. The zero-order valence-electron chi connectivity index (χ0n) is 9.04. The summed E-state index contributed by atoms with van der Waals surface area (Å²) in [6.45, 7) is 1.76. The molecular weight excluding hydrogens is 214 g/mol. The van der Waals surface area contributed by atoms with E-state index in [4.69, 9.17) is 0 Å². The first-order valence-electron chi connectivity index (χ1n) is 5.01. The Labute approximate surface area is 92.2 Å². The Bertz CT molecular complexity index is 429. The van der Waals surface area contributed by atoms with E-state index in [1.165, 1.54) is 0 Å². The van der Waals surface area contributed by atoms with Crippen LogP contribution in [0, 0.1) is 12.8 Å². The fourth-order valence-electron chi connectivity index (χ4n) is 2.07. The summed E-state index contributed by atoms with van der Waals surface area (Å²) in [7, 11) is 1.13. The Hall–Kier alpha value is -1.45. The van der Waals surface area contributed by atoms with E-state index in [1.807, 2.05) is 0 Å². The van der Waals surface area contributed by atoms with Crippen LogP contribution >= 0.6 is 0 Å². The Morgan fingerprint density at radius 3 is 2.56 bits per heavy atom. The summed E-state index contributed by atoms with van der Waals surface area (Å²) in [4.78, 5) is 11.2. The van der Waals surface area contributed by atoms with Crippen molar-refractivity contribution in [3.8, 4) is 0 Å². The van der Waals surface area contributed by atoms with E-state index in [0.29, 0.717) is 5.56 Å². The Kier molecular flexibility index (Phi) is 2.45. The zero-order chi connectivity index (χ0) is 11.9. The molecule has 1 aliphatic rings. The molecule has 1 aromatic carbocycles. The number of carbonyl (C=O) groups is 1. The van der Waals surface area contributed by atoms with Crippen molar-refractivity contribution >= 4 is 5.97 Å². The lowest BCUT2D eigenvalue weighted by molar-refractivity contribution is -0.144. The molecule has 0 aliphatic heterocycles. The van der Waals surface area contributed by atoms with Crippen LogP contribution in [0.1, 0.15) is 17.0 Å². The summed E-state index contributed by atoms with van der Waals surface area (Å²) in [5.74, 6) is -6.16. The van der Waals surface area contributed by atoms with Gasteiger partial charge < -0.3 is 4.74 Å². The lowest BCUT2D eigenvalue weighted by Gasteiger charge is -2.02. The number of carbonyl (C=O) groups excluding carboxylic acids is 1. The van der Waals surface area contributed by atoms with Crippen molar-refractivity contribution in [2.75, 3.05) is 7.11 Å². The van der Waals surface area contributed by atoms with Gasteiger partial charge in [-0.05, 0) is 18.1 Å². The molecule has 2 nitrogen and oxygen atoms in total. The molecule has 1 fully saturated rings. The zero-order valence-corrected chi connectivity index (χ0v) is 9.04. The van der Waals surface area contributed by atoms with Crippen LogP contribution in [-0.2, 0) is 9.53 Å².